The quantitative estimate of drug-likeness (QED) is 0.420. The molecule has 0 aliphatic carbocycles. The van der Waals surface area contributed by atoms with E-state index in [0.717, 1.165) is 16.3 Å². The molecule has 1 aromatic heterocycles. The van der Waals surface area contributed by atoms with Crippen LogP contribution in [0.4, 0.5) is 5.69 Å². The number of nitrogens with zero attached hydrogens (tertiary/aromatic N) is 2. The topological polar surface area (TPSA) is 79.4 Å². The Kier molecular flexibility index (Phi) is 4.97. The number of fused-ring (bicyclic) bond motifs is 1. The van der Waals surface area contributed by atoms with E-state index >= 15 is 0 Å². The van der Waals surface area contributed by atoms with Gasteiger partial charge < -0.3 is 4.74 Å². The first-order chi connectivity index (χ1) is 12.2. The fraction of sp³-hybridized carbons (Fsp3) is 0.0556. The smallest absolute Gasteiger partial charge is 0.285 e. The highest BCUT2D eigenvalue weighted by atomic mass is 35.5. The van der Waals surface area contributed by atoms with Crippen LogP contribution in [0, 0.1) is 12.3 Å². The van der Waals surface area contributed by atoms with E-state index < -0.39 is 5.56 Å². The van der Waals surface area contributed by atoms with Gasteiger partial charge in [-0.05, 0) is 16.8 Å². The summed E-state index contributed by atoms with van der Waals surface area (Å²) in [5, 5.41) is 12.0. The van der Waals surface area contributed by atoms with Gasteiger partial charge in [0.15, 0.2) is 0 Å². The van der Waals surface area contributed by atoms with E-state index in [1.807, 2.05) is 36.4 Å². The van der Waals surface area contributed by atoms with Crippen molar-refractivity contribution in [3.8, 4) is 18.1 Å². The van der Waals surface area contributed by atoms with Crippen molar-refractivity contribution in [2.75, 3.05) is 12.0 Å². The van der Waals surface area contributed by atoms with Crippen LogP contribution in [0.5, 0.6) is 5.75 Å². The number of halogens is 1. The summed E-state index contributed by atoms with van der Waals surface area (Å²) in [6.45, 7) is 0.149. The zero-order valence-corrected chi connectivity index (χ0v) is 13.7. The monoisotopic (exact) mass is 352 g/mol. The van der Waals surface area contributed by atoms with E-state index in [2.05, 4.69) is 26.6 Å². The molecule has 0 fully saturated rings. The third-order valence-corrected chi connectivity index (χ3v) is 3.79. The molecule has 3 aromatic rings. The van der Waals surface area contributed by atoms with Crippen LogP contribution in [-0.2, 0) is 0 Å². The number of ether oxygens (including phenoxy) is 1. The Morgan fingerprint density at radius 2 is 2.20 bits per heavy atom. The van der Waals surface area contributed by atoms with Crippen molar-refractivity contribution in [2.24, 2.45) is 5.10 Å². The molecule has 0 bridgehead atoms. The molecule has 6 nitrogen and oxygen atoms in total. The van der Waals surface area contributed by atoms with Gasteiger partial charge in [0, 0.05) is 5.56 Å². The van der Waals surface area contributed by atoms with Gasteiger partial charge in [0.2, 0.25) is 0 Å². The maximum Gasteiger partial charge on any atom is 0.285 e. The number of nitrogens with one attached hydrogen (secondary N) is 2. The fourth-order valence-electron chi connectivity index (χ4n) is 2.28. The highest BCUT2D eigenvalue weighted by Crippen LogP contribution is 2.27. The SMILES string of the molecule is C#CCOc1ccc2ccccc2c1/C=N\Nc1cn[nH]c(=O)c1Cl. The fourth-order valence-corrected chi connectivity index (χ4v) is 2.42. The van der Waals surface area contributed by atoms with E-state index in [4.69, 9.17) is 22.8 Å². The Bertz CT molecular complexity index is 1040. The van der Waals surface area contributed by atoms with Crippen LogP contribution in [0.15, 0.2) is 52.5 Å². The summed E-state index contributed by atoms with van der Waals surface area (Å²) in [6, 6.07) is 11.6. The molecule has 0 aliphatic rings. The van der Waals surface area contributed by atoms with Gasteiger partial charge in [-0.3, -0.25) is 10.2 Å². The van der Waals surface area contributed by atoms with Crippen molar-refractivity contribution in [2.45, 2.75) is 0 Å². The molecule has 124 valence electrons. The second kappa shape index (κ2) is 7.51. The summed E-state index contributed by atoms with van der Waals surface area (Å²) in [4.78, 5) is 11.4. The first kappa shape index (κ1) is 16.6. The number of aromatic amines is 1. The van der Waals surface area contributed by atoms with Crippen molar-refractivity contribution in [3.05, 3.63) is 63.5 Å². The summed E-state index contributed by atoms with van der Waals surface area (Å²) in [7, 11) is 0. The minimum Gasteiger partial charge on any atom is -0.480 e. The highest BCUT2D eigenvalue weighted by Gasteiger charge is 2.07. The molecule has 0 aliphatic heterocycles. The maximum absolute atomic E-state index is 11.4. The number of H-pyrrole nitrogens is 1. The minimum atomic E-state index is -0.495. The van der Waals surface area contributed by atoms with Gasteiger partial charge in [-0.2, -0.15) is 10.2 Å². The van der Waals surface area contributed by atoms with Gasteiger partial charge in [-0.1, -0.05) is 47.9 Å². The van der Waals surface area contributed by atoms with Crippen LogP contribution >= 0.6 is 11.6 Å². The van der Waals surface area contributed by atoms with E-state index in [9.17, 15) is 4.79 Å². The van der Waals surface area contributed by atoms with Crippen molar-refractivity contribution in [3.63, 3.8) is 0 Å². The largest absolute Gasteiger partial charge is 0.480 e. The van der Waals surface area contributed by atoms with E-state index in [1.54, 1.807) is 6.21 Å². The molecule has 2 aromatic carbocycles. The third kappa shape index (κ3) is 3.62. The normalized spacial score (nSPS) is 10.7. The zero-order valence-electron chi connectivity index (χ0n) is 13.0. The second-order valence-electron chi connectivity index (χ2n) is 4.99. The molecular weight excluding hydrogens is 340 g/mol. The molecule has 1 heterocycles. The first-order valence-corrected chi connectivity index (χ1v) is 7.69. The first-order valence-electron chi connectivity index (χ1n) is 7.31. The lowest BCUT2D eigenvalue weighted by molar-refractivity contribution is 0.370. The zero-order chi connectivity index (χ0) is 17.6. The summed E-state index contributed by atoms with van der Waals surface area (Å²) in [5.41, 5.74) is 3.27. The molecule has 7 heteroatoms. The predicted molar refractivity (Wildman–Crippen MR) is 99.4 cm³/mol. The van der Waals surface area contributed by atoms with Gasteiger partial charge in [0.25, 0.3) is 5.56 Å². The van der Waals surface area contributed by atoms with Crippen molar-refractivity contribution < 1.29 is 4.74 Å². The van der Waals surface area contributed by atoms with Crippen LogP contribution in [0.3, 0.4) is 0 Å². The molecule has 0 unspecified atom stereocenters. The van der Waals surface area contributed by atoms with E-state index in [-0.39, 0.29) is 11.6 Å². The number of aromatic nitrogens is 2. The molecule has 0 saturated carbocycles. The van der Waals surface area contributed by atoms with Crippen LogP contribution in [0.2, 0.25) is 5.02 Å². The number of rotatable bonds is 5. The molecule has 0 saturated heterocycles. The number of hydrazone groups is 1. The lowest BCUT2D eigenvalue weighted by Crippen LogP contribution is -2.10. The molecule has 0 radical (unpaired) electrons. The van der Waals surface area contributed by atoms with Crippen LogP contribution in [0.1, 0.15) is 5.56 Å². The third-order valence-electron chi connectivity index (χ3n) is 3.42. The number of hydrogen-bond donors (Lipinski definition) is 2. The minimum absolute atomic E-state index is 0.0196. The lowest BCUT2D eigenvalue weighted by atomic mass is 10.0. The number of benzene rings is 2. The van der Waals surface area contributed by atoms with Crippen LogP contribution in [0.25, 0.3) is 10.8 Å². The van der Waals surface area contributed by atoms with Crippen LogP contribution in [-0.4, -0.2) is 23.0 Å². The average molecular weight is 353 g/mol. The summed E-state index contributed by atoms with van der Waals surface area (Å²) >= 11 is 5.90. The molecule has 0 atom stereocenters. The Morgan fingerprint density at radius 1 is 1.36 bits per heavy atom. The molecule has 0 spiro atoms. The number of anilines is 1. The average Bonchev–Trinajstić information content (AvgIpc) is 2.64. The Balaban J connectivity index is 1.97. The Hall–Kier alpha value is -3.30. The van der Waals surface area contributed by atoms with Gasteiger partial charge >= 0.3 is 0 Å². The van der Waals surface area contributed by atoms with Gasteiger partial charge in [-0.25, -0.2) is 5.10 Å². The standard InChI is InChI=1S/C18H13ClN4O2/c1-2-9-25-16-8-7-12-5-3-4-6-13(12)14(16)10-20-22-15-11-21-23-18(24)17(15)19/h1,3-8,10-11H,9H2,(H2,22,23,24)/b20-10-. The maximum atomic E-state index is 11.4. The molecule has 3 rings (SSSR count). The Labute approximate surface area is 148 Å². The number of terminal acetylenes is 1. The van der Waals surface area contributed by atoms with Gasteiger partial charge in [0.1, 0.15) is 23.1 Å². The number of hydrogen-bond acceptors (Lipinski definition) is 5. The summed E-state index contributed by atoms with van der Waals surface area (Å²) in [5.74, 6) is 3.05. The molecule has 0 amide bonds. The van der Waals surface area contributed by atoms with Crippen molar-refractivity contribution in [1.82, 2.24) is 10.2 Å². The van der Waals surface area contributed by atoms with Crippen molar-refractivity contribution in [1.29, 1.82) is 0 Å². The lowest BCUT2D eigenvalue weighted by Gasteiger charge is -2.10. The van der Waals surface area contributed by atoms with E-state index in [0.29, 0.717) is 11.4 Å². The summed E-state index contributed by atoms with van der Waals surface area (Å²) < 4.78 is 5.59. The van der Waals surface area contributed by atoms with Crippen LogP contribution < -0.4 is 15.7 Å². The predicted octanol–water partition coefficient (Wildman–Crippen LogP) is 3.03. The second-order valence-corrected chi connectivity index (χ2v) is 5.37. The van der Waals surface area contributed by atoms with Crippen molar-refractivity contribution >= 4 is 34.3 Å². The molecule has 25 heavy (non-hydrogen) atoms. The van der Waals surface area contributed by atoms with Gasteiger partial charge in [0.05, 0.1) is 12.4 Å². The highest BCUT2D eigenvalue weighted by molar-refractivity contribution is 6.32. The molecule has 2 N–H and O–H groups in total. The summed E-state index contributed by atoms with van der Waals surface area (Å²) in [6.07, 6.45) is 8.23. The molecular formula is C18H13ClN4O2. The van der Waals surface area contributed by atoms with Gasteiger partial charge in [-0.15, -0.1) is 6.42 Å². The van der Waals surface area contributed by atoms with E-state index in [1.165, 1.54) is 6.20 Å². The Morgan fingerprint density at radius 3 is 3.04 bits per heavy atom.